The van der Waals surface area contributed by atoms with E-state index in [0.717, 1.165) is 5.75 Å². The number of hydrogen-bond acceptors (Lipinski definition) is 5. The Kier molecular flexibility index (Phi) is 6.70. The van der Waals surface area contributed by atoms with Crippen LogP contribution in [0.25, 0.3) is 0 Å². The summed E-state index contributed by atoms with van der Waals surface area (Å²) in [6.45, 7) is 4.70. The van der Waals surface area contributed by atoms with E-state index >= 15 is 0 Å². The van der Waals surface area contributed by atoms with Crippen molar-refractivity contribution in [3.05, 3.63) is 24.3 Å². The monoisotopic (exact) mass is 369 g/mol. The molecule has 0 bridgehead atoms. The van der Waals surface area contributed by atoms with E-state index in [1.165, 1.54) is 0 Å². The number of benzene rings is 1. The van der Waals surface area contributed by atoms with Crippen LogP contribution in [0.15, 0.2) is 24.3 Å². The molecule has 1 fully saturated rings. The van der Waals surface area contributed by atoms with Gasteiger partial charge in [0.1, 0.15) is 11.5 Å². The molecule has 6 nitrogen and oxygen atoms in total. The molecule has 1 aliphatic heterocycles. The predicted molar refractivity (Wildman–Crippen MR) is 96.7 cm³/mol. The first kappa shape index (κ1) is 19.6. The van der Waals surface area contributed by atoms with E-state index in [9.17, 15) is 13.2 Å². The van der Waals surface area contributed by atoms with Crippen molar-refractivity contribution in [2.45, 2.75) is 31.9 Å². The summed E-state index contributed by atoms with van der Waals surface area (Å²) in [5, 5.41) is -0.332. The number of sulfone groups is 1. The lowest BCUT2D eigenvalue weighted by atomic mass is 10.1. The highest BCUT2D eigenvalue weighted by molar-refractivity contribution is 7.92. The van der Waals surface area contributed by atoms with Crippen LogP contribution in [0.4, 0.5) is 0 Å². The predicted octanol–water partition coefficient (Wildman–Crippen LogP) is 2.14. The highest BCUT2D eigenvalue weighted by atomic mass is 32.2. The quantitative estimate of drug-likeness (QED) is 0.736. The molecule has 1 aromatic rings. The minimum absolute atomic E-state index is 0.0459. The summed E-state index contributed by atoms with van der Waals surface area (Å²) in [5.41, 5.74) is 0. The number of carbonyl (C=O) groups excluding carboxylic acids is 1. The van der Waals surface area contributed by atoms with Gasteiger partial charge in [-0.05, 0) is 43.0 Å². The number of nitrogens with zero attached hydrogens (tertiary/aromatic N) is 1. The highest BCUT2D eigenvalue weighted by Gasteiger charge is 2.31. The van der Waals surface area contributed by atoms with E-state index in [1.54, 1.807) is 36.3 Å². The van der Waals surface area contributed by atoms with Crippen LogP contribution in [0.1, 0.15) is 26.7 Å². The minimum Gasteiger partial charge on any atom is -0.497 e. The summed E-state index contributed by atoms with van der Waals surface area (Å²) in [4.78, 5) is 13.9. The van der Waals surface area contributed by atoms with Crippen molar-refractivity contribution in [2.24, 2.45) is 5.92 Å². The van der Waals surface area contributed by atoms with Gasteiger partial charge >= 0.3 is 0 Å². The fourth-order valence-electron chi connectivity index (χ4n) is 2.97. The Morgan fingerprint density at radius 2 is 1.72 bits per heavy atom. The average molecular weight is 369 g/mol. The number of ether oxygens (including phenoxy) is 2. The molecule has 2 rings (SSSR count). The van der Waals surface area contributed by atoms with Gasteiger partial charge in [-0.2, -0.15) is 0 Å². The van der Waals surface area contributed by atoms with Gasteiger partial charge in [-0.15, -0.1) is 0 Å². The highest BCUT2D eigenvalue weighted by Crippen LogP contribution is 2.21. The molecule has 25 heavy (non-hydrogen) atoms. The smallest absolute Gasteiger partial charge is 0.260 e. The van der Waals surface area contributed by atoms with Crippen molar-refractivity contribution in [1.29, 1.82) is 0 Å². The second kappa shape index (κ2) is 8.56. The van der Waals surface area contributed by atoms with E-state index in [4.69, 9.17) is 9.47 Å². The van der Waals surface area contributed by atoms with Gasteiger partial charge in [-0.1, -0.05) is 13.8 Å². The Morgan fingerprint density at radius 3 is 2.24 bits per heavy atom. The first-order valence-electron chi connectivity index (χ1n) is 8.58. The Balaban J connectivity index is 1.80. The van der Waals surface area contributed by atoms with Crippen LogP contribution in [-0.2, 0) is 14.6 Å². The molecule has 0 spiro atoms. The van der Waals surface area contributed by atoms with Crippen molar-refractivity contribution in [1.82, 2.24) is 4.90 Å². The summed E-state index contributed by atoms with van der Waals surface area (Å²) in [6, 6.07) is 7.03. The van der Waals surface area contributed by atoms with Gasteiger partial charge in [0, 0.05) is 13.1 Å². The number of methoxy groups -OCH3 is 1. The van der Waals surface area contributed by atoms with Gasteiger partial charge in [-0.3, -0.25) is 4.79 Å². The van der Waals surface area contributed by atoms with Crippen LogP contribution in [-0.4, -0.2) is 57.0 Å². The zero-order valence-electron chi connectivity index (χ0n) is 15.1. The van der Waals surface area contributed by atoms with Crippen LogP contribution >= 0.6 is 0 Å². The Bertz CT molecular complexity index is 661. The third kappa shape index (κ3) is 5.63. The topological polar surface area (TPSA) is 72.9 Å². The first-order chi connectivity index (χ1) is 11.8. The second-order valence-electron chi connectivity index (χ2n) is 6.77. The number of likely N-dealkylation sites (tertiary alicyclic amines) is 1. The lowest BCUT2D eigenvalue weighted by Gasteiger charge is -2.32. The molecular weight excluding hydrogens is 342 g/mol. The lowest BCUT2D eigenvalue weighted by Crippen LogP contribution is -2.45. The van der Waals surface area contributed by atoms with Crippen LogP contribution < -0.4 is 9.47 Å². The second-order valence-corrected chi connectivity index (χ2v) is 9.09. The van der Waals surface area contributed by atoms with Crippen molar-refractivity contribution >= 4 is 15.7 Å². The maximum absolute atomic E-state index is 12.3. The molecule has 0 atom stereocenters. The molecule has 1 amide bonds. The first-order valence-corrected chi connectivity index (χ1v) is 10.3. The fraction of sp³-hybridized carbons (Fsp3) is 0.611. The van der Waals surface area contributed by atoms with Crippen molar-refractivity contribution in [3.63, 3.8) is 0 Å². The van der Waals surface area contributed by atoms with Gasteiger partial charge < -0.3 is 14.4 Å². The van der Waals surface area contributed by atoms with E-state index in [2.05, 4.69) is 0 Å². The van der Waals surface area contributed by atoms with Crippen molar-refractivity contribution < 1.29 is 22.7 Å². The molecule has 1 aromatic carbocycles. The van der Waals surface area contributed by atoms with Gasteiger partial charge in [0.05, 0.1) is 18.1 Å². The molecule has 140 valence electrons. The normalized spacial score (nSPS) is 16.1. The van der Waals surface area contributed by atoms with Crippen molar-refractivity contribution in [2.75, 3.05) is 32.6 Å². The van der Waals surface area contributed by atoms with Gasteiger partial charge in [0.15, 0.2) is 16.4 Å². The van der Waals surface area contributed by atoms with E-state index in [-0.39, 0.29) is 29.4 Å². The summed E-state index contributed by atoms with van der Waals surface area (Å²) >= 11 is 0. The zero-order valence-corrected chi connectivity index (χ0v) is 15.9. The van der Waals surface area contributed by atoms with Crippen LogP contribution in [0, 0.1) is 5.92 Å². The van der Waals surface area contributed by atoms with E-state index in [1.807, 2.05) is 13.8 Å². The Morgan fingerprint density at radius 1 is 1.16 bits per heavy atom. The standard InChI is InChI=1S/C18H27NO5S/c1-14(2)13-25(21,22)17-8-10-19(11-9-17)18(20)12-24-16-6-4-15(23-3)5-7-16/h4-7,14,17H,8-13H2,1-3H3. The van der Waals surface area contributed by atoms with Crippen LogP contribution in [0.3, 0.4) is 0 Å². The molecule has 1 saturated heterocycles. The van der Waals surface area contributed by atoms with Gasteiger partial charge in [0.25, 0.3) is 5.91 Å². The molecule has 0 N–H and O–H groups in total. The largest absolute Gasteiger partial charge is 0.497 e. The fourth-order valence-corrected chi connectivity index (χ4v) is 5.10. The SMILES string of the molecule is COc1ccc(OCC(=O)N2CCC(S(=O)(=O)CC(C)C)CC2)cc1. The molecule has 0 unspecified atom stereocenters. The molecular formula is C18H27NO5S. The molecule has 0 aliphatic carbocycles. The van der Waals surface area contributed by atoms with Crippen molar-refractivity contribution in [3.8, 4) is 11.5 Å². The molecule has 1 aliphatic rings. The third-order valence-corrected chi connectivity index (χ3v) is 6.91. The van der Waals surface area contributed by atoms with Crippen LogP contribution in [0.5, 0.6) is 11.5 Å². The minimum atomic E-state index is -3.07. The number of rotatable bonds is 7. The van der Waals surface area contributed by atoms with Gasteiger partial charge in [0.2, 0.25) is 0 Å². The average Bonchev–Trinajstić information content (AvgIpc) is 2.59. The molecule has 7 heteroatoms. The Hall–Kier alpha value is -1.76. The van der Waals surface area contributed by atoms with Gasteiger partial charge in [-0.25, -0.2) is 8.42 Å². The summed E-state index contributed by atoms with van der Waals surface area (Å²) < 4.78 is 35.2. The molecule has 0 radical (unpaired) electrons. The van der Waals surface area contributed by atoms with E-state index < -0.39 is 9.84 Å². The Labute approximate surface area is 150 Å². The number of hydrogen-bond donors (Lipinski definition) is 0. The molecule has 0 saturated carbocycles. The van der Waals surface area contributed by atoms with Crippen LogP contribution in [0.2, 0.25) is 0 Å². The lowest BCUT2D eigenvalue weighted by molar-refractivity contribution is -0.134. The maximum Gasteiger partial charge on any atom is 0.260 e. The third-order valence-electron chi connectivity index (χ3n) is 4.29. The number of amides is 1. The summed E-state index contributed by atoms with van der Waals surface area (Å²) in [7, 11) is -1.49. The van der Waals surface area contributed by atoms with E-state index in [0.29, 0.717) is 31.7 Å². The molecule has 0 aromatic heterocycles. The number of piperidine rings is 1. The molecule has 1 heterocycles. The zero-order chi connectivity index (χ0) is 18.4. The number of carbonyl (C=O) groups is 1. The summed E-state index contributed by atoms with van der Waals surface area (Å²) in [5.74, 6) is 1.55. The summed E-state index contributed by atoms with van der Waals surface area (Å²) in [6.07, 6.45) is 1.01. The maximum atomic E-state index is 12.3.